The maximum atomic E-state index is 14.1. The zero-order valence-electron chi connectivity index (χ0n) is 16.0. The van der Waals surface area contributed by atoms with Crippen LogP contribution in [0.15, 0.2) is 61.0 Å². The summed E-state index contributed by atoms with van der Waals surface area (Å²) in [4.78, 5) is 2.46. The van der Waals surface area contributed by atoms with Gasteiger partial charge in [-0.1, -0.05) is 30.3 Å². The molecule has 0 amide bonds. The third-order valence-electron chi connectivity index (χ3n) is 6.27. The van der Waals surface area contributed by atoms with Crippen LogP contribution in [0.2, 0.25) is 0 Å². The summed E-state index contributed by atoms with van der Waals surface area (Å²) in [6.07, 6.45) is 5.63. The van der Waals surface area contributed by atoms with Crippen LogP contribution in [0.5, 0.6) is 0 Å². The summed E-state index contributed by atoms with van der Waals surface area (Å²) in [5.74, 6) is 0.911. The number of ether oxygens (including phenoxy) is 1. The third kappa shape index (κ3) is 3.22. The lowest BCUT2D eigenvalue weighted by molar-refractivity contribution is -0.0397. The highest BCUT2D eigenvalue weighted by molar-refractivity contribution is 5.90. The Hall–Kier alpha value is -2.59. The number of halogens is 1. The van der Waals surface area contributed by atoms with E-state index in [4.69, 9.17) is 4.74 Å². The molecule has 1 unspecified atom stereocenters. The Balaban J connectivity index is 1.37. The Morgan fingerprint density at radius 3 is 2.71 bits per heavy atom. The molecule has 1 aliphatic carbocycles. The lowest BCUT2D eigenvalue weighted by Crippen LogP contribution is -2.51. The average Bonchev–Trinajstić information content (AvgIpc) is 3.14. The summed E-state index contributed by atoms with van der Waals surface area (Å²) in [7, 11) is 0. The first-order valence-corrected chi connectivity index (χ1v) is 10.1. The number of hydrogen-bond acceptors (Lipinski definition) is 3. The van der Waals surface area contributed by atoms with Crippen LogP contribution in [0.1, 0.15) is 29.5 Å². The highest BCUT2D eigenvalue weighted by Crippen LogP contribution is 2.37. The second kappa shape index (κ2) is 7.10. The standard InChI is InChI=1S/C24H25FN2O/c1-16(28-24-15-27-12-10-18(24)11-13-27)26-23-9-7-19(25)14-22(23)21-8-6-17-4-2-3-5-20(17)21/h2-5,7-9,14,18,24,26H,1,6,10-13,15H2. The van der Waals surface area contributed by atoms with E-state index < -0.39 is 0 Å². The van der Waals surface area contributed by atoms with Gasteiger partial charge in [0.05, 0.1) is 0 Å². The van der Waals surface area contributed by atoms with Gasteiger partial charge in [0.25, 0.3) is 0 Å². The summed E-state index contributed by atoms with van der Waals surface area (Å²) in [5, 5.41) is 3.31. The molecule has 3 nitrogen and oxygen atoms in total. The molecule has 6 rings (SSSR count). The summed E-state index contributed by atoms with van der Waals surface area (Å²) in [6.45, 7) is 7.43. The first-order valence-electron chi connectivity index (χ1n) is 10.1. The van der Waals surface area contributed by atoms with Crippen molar-refractivity contribution in [2.75, 3.05) is 25.0 Å². The van der Waals surface area contributed by atoms with Crippen molar-refractivity contribution in [3.63, 3.8) is 0 Å². The second-order valence-corrected chi connectivity index (χ2v) is 8.01. The maximum absolute atomic E-state index is 14.1. The van der Waals surface area contributed by atoms with Crippen LogP contribution in [0.25, 0.3) is 5.57 Å². The number of anilines is 1. The molecule has 0 saturated carbocycles. The summed E-state index contributed by atoms with van der Waals surface area (Å²) >= 11 is 0. The SMILES string of the molecule is C=C(Nc1ccc(F)cc1C1=CCc2ccccc21)OC1CN2CCC1CC2. The highest BCUT2D eigenvalue weighted by Gasteiger charge is 2.35. The molecule has 0 radical (unpaired) electrons. The minimum Gasteiger partial charge on any atom is -0.474 e. The quantitative estimate of drug-likeness (QED) is 0.758. The van der Waals surface area contributed by atoms with Gasteiger partial charge >= 0.3 is 0 Å². The zero-order valence-corrected chi connectivity index (χ0v) is 16.0. The molecule has 3 saturated heterocycles. The molecule has 4 aliphatic rings. The van der Waals surface area contributed by atoms with Gasteiger partial charge in [-0.2, -0.15) is 0 Å². The largest absolute Gasteiger partial charge is 0.474 e. The Bertz CT molecular complexity index is 943. The Morgan fingerprint density at radius 1 is 1.11 bits per heavy atom. The van der Waals surface area contributed by atoms with E-state index in [1.54, 1.807) is 12.1 Å². The second-order valence-electron chi connectivity index (χ2n) is 8.01. The van der Waals surface area contributed by atoms with Gasteiger partial charge in [0.2, 0.25) is 0 Å². The van der Waals surface area contributed by atoms with Gasteiger partial charge in [-0.25, -0.2) is 4.39 Å². The molecule has 3 heterocycles. The summed E-state index contributed by atoms with van der Waals surface area (Å²) in [5.41, 5.74) is 5.18. The molecule has 0 spiro atoms. The van der Waals surface area contributed by atoms with E-state index >= 15 is 0 Å². The topological polar surface area (TPSA) is 24.5 Å². The predicted octanol–water partition coefficient (Wildman–Crippen LogP) is 4.81. The fourth-order valence-corrected chi connectivity index (χ4v) is 4.79. The smallest absolute Gasteiger partial charge is 0.184 e. The lowest BCUT2D eigenvalue weighted by Gasteiger charge is -2.44. The van der Waals surface area contributed by atoms with Crippen LogP contribution >= 0.6 is 0 Å². The minimum atomic E-state index is -0.241. The van der Waals surface area contributed by atoms with Crippen LogP contribution in [0.4, 0.5) is 10.1 Å². The number of rotatable bonds is 5. The van der Waals surface area contributed by atoms with E-state index in [0.29, 0.717) is 11.8 Å². The normalized spacial score (nSPS) is 25.2. The Labute approximate surface area is 165 Å². The van der Waals surface area contributed by atoms with E-state index in [-0.39, 0.29) is 11.9 Å². The van der Waals surface area contributed by atoms with Gasteiger partial charge in [-0.15, -0.1) is 0 Å². The molecular formula is C24H25FN2O. The number of nitrogens with one attached hydrogen (secondary N) is 1. The number of hydrogen-bond donors (Lipinski definition) is 1. The van der Waals surface area contributed by atoms with Crippen LogP contribution in [0.3, 0.4) is 0 Å². The predicted molar refractivity (Wildman–Crippen MR) is 110 cm³/mol. The lowest BCUT2D eigenvalue weighted by atomic mass is 9.86. The van der Waals surface area contributed by atoms with E-state index in [9.17, 15) is 4.39 Å². The van der Waals surface area contributed by atoms with E-state index in [1.807, 2.05) is 12.1 Å². The molecule has 3 aliphatic heterocycles. The first kappa shape index (κ1) is 17.5. The van der Waals surface area contributed by atoms with Gasteiger partial charge in [0.1, 0.15) is 11.9 Å². The monoisotopic (exact) mass is 376 g/mol. The van der Waals surface area contributed by atoms with Crippen molar-refractivity contribution in [3.8, 4) is 0 Å². The molecule has 1 N–H and O–H groups in total. The van der Waals surface area contributed by atoms with E-state index in [2.05, 4.69) is 35.0 Å². The number of piperidine rings is 3. The van der Waals surface area contributed by atoms with Gasteiger partial charge < -0.3 is 10.1 Å². The van der Waals surface area contributed by atoms with Crippen LogP contribution < -0.4 is 5.32 Å². The highest BCUT2D eigenvalue weighted by atomic mass is 19.1. The van der Waals surface area contributed by atoms with Gasteiger partial charge in [0.15, 0.2) is 5.88 Å². The Morgan fingerprint density at radius 2 is 1.93 bits per heavy atom. The molecule has 1 atom stereocenters. The number of allylic oxidation sites excluding steroid dienone is 1. The van der Waals surface area contributed by atoms with Crippen LogP contribution in [-0.2, 0) is 11.2 Å². The van der Waals surface area contributed by atoms with E-state index in [0.717, 1.165) is 29.8 Å². The molecule has 2 bridgehead atoms. The van der Waals surface area contributed by atoms with Crippen molar-refractivity contribution < 1.29 is 9.13 Å². The van der Waals surface area contributed by atoms with Gasteiger partial charge in [-0.05, 0) is 79.7 Å². The van der Waals surface area contributed by atoms with Crippen molar-refractivity contribution >= 4 is 11.3 Å². The molecule has 0 aromatic heterocycles. The van der Waals surface area contributed by atoms with Crippen molar-refractivity contribution in [1.82, 2.24) is 4.90 Å². The molecule has 28 heavy (non-hydrogen) atoms. The Kier molecular flexibility index (Phi) is 4.44. The van der Waals surface area contributed by atoms with Crippen molar-refractivity contribution in [2.45, 2.75) is 25.4 Å². The average molecular weight is 376 g/mol. The molecule has 144 valence electrons. The summed E-state index contributed by atoms with van der Waals surface area (Å²) in [6, 6.07) is 13.1. The van der Waals surface area contributed by atoms with Crippen LogP contribution in [-0.4, -0.2) is 30.6 Å². The molecular weight excluding hydrogens is 351 g/mol. The molecule has 4 heteroatoms. The van der Waals surface area contributed by atoms with Crippen molar-refractivity contribution in [3.05, 3.63) is 83.5 Å². The third-order valence-corrected chi connectivity index (χ3v) is 6.27. The fraction of sp³-hybridized carbons (Fsp3) is 0.333. The maximum Gasteiger partial charge on any atom is 0.184 e. The zero-order chi connectivity index (χ0) is 19.1. The first-order chi connectivity index (χ1) is 13.7. The van der Waals surface area contributed by atoms with E-state index in [1.165, 1.54) is 43.1 Å². The van der Waals surface area contributed by atoms with Gasteiger partial charge in [-0.3, -0.25) is 4.90 Å². The van der Waals surface area contributed by atoms with Crippen molar-refractivity contribution in [2.24, 2.45) is 5.92 Å². The van der Waals surface area contributed by atoms with Crippen LogP contribution in [0, 0.1) is 11.7 Å². The molecule has 2 aromatic rings. The molecule has 3 fully saturated rings. The number of fused-ring (bicyclic) bond motifs is 4. The number of nitrogens with zero attached hydrogens (tertiary/aromatic N) is 1. The number of benzene rings is 2. The van der Waals surface area contributed by atoms with Crippen molar-refractivity contribution in [1.29, 1.82) is 0 Å². The molecule has 2 aromatic carbocycles. The fourth-order valence-electron chi connectivity index (χ4n) is 4.79. The minimum absolute atomic E-state index is 0.192. The van der Waals surface area contributed by atoms with Gasteiger partial charge in [0, 0.05) is 17.8 Å². The summed E-state index contributed by atoms with van der Waals surface area (Å²) < 4.78 is 20.3.